The highest BCUT2D eigenvalue weighted by atomic mass is 16.5. The zero-order valence-electron chi connectivity index (χ0n) is 9.77. The quantitative estimate of drug-likeness (QED) is 0.710. The van der Waals surface area contributed by atoms with E-state index in [9.17, 15) is 9.59 Å². The predicted molar refractivity (Wildman–Crippen MR) is 63.6 cm³/mol. The van der Waals surface area contributed by atoms with Crippen molar-refractivity contribution in [3.05, 3.63) is 23.8 Å². The Morgan fingerprint density at radius 3 is 2.53 bits per heavy atom. The van der Waals surface area contributed by atoms with E-state index in [1.165, 1.54) is 25.1 Å². The van der Waals surface area contributed by atoms with Gasteiger partial charge in [0, 0.05) is 24.4 Å². The summed E-state index contributed by atoms with van der Waals surface area (Å²) < 4.78 is 5.00. The van der Waals surface area contributed by atoms with Gasteiger partial charge in [0.1, 0.15) is 5.75 Å². The van der Waals surface area contributed by atoms with E-state index in [4.69, 9.17) is 16.2 Å². The van der Waals surface area contributed by atoms with Gasteiger partial charge in [-0.3, -0.25) is 9.59 Å². The van der Waals surface area contributed by atoms with Gasteiger partial charge in [-0.25, -0.2) is 0 Å². The van der Waals surface area contributed by atoms with Gasteiger partial charge in [-0.05, 0) is 12.1 Å². The van der Waals surface area contributed by atoms with Crippen LogP contribution in [-0.2, 0) is 4.79 Å². The third kappa shape index (κ3) is 3.37. The van der Waals surface area contributed by atoms with Crippen LogP contribution < -0.4 is 16.2 Å². The maximum absolute atomic E-state index is 11.9. The summed E-state index contributed by atoms with van der Waals surface area (Å²) in [4.78, 5) is 23.8. The zero-order valence-corrected chi connectivity index (χ0v) is 9.77. The molecule has 0 bridgehead atoms. The van der Waals surface area contributed by atoms with E-state index < -0.39 is 5.91 Å². The molecule has 0 saturated heterocycles. The molecule has 1 aromatic rings. The van der Waals surface area contributed by atoms with E-state index in [2.05, 4.69) is 0 Å². The Morgan fingerprint density at radius 2 is 2.00 bits per heavy atom. The van der Waals surface area contributed by atoms with Gasteiger partial charge in [-0.1, -0.05) is 0 Å². The molecule has 0 radical (unpaired) electrons. The number of anilines is 1. The number of rotatable bonds is 4. The van der Waals surface area contributed by atoms with E-state index in [0.29, 0.717) is 17.0 Å². The number of carbonyl (C=O) groups excluding carboxylic acids is 2. The first-order valence-electron chi connectivity index (χ1n) is 4.92. The number of likely N-dealkylation sites (N-methyl/N-ethyl adjacent to an activating group) is 1. The van der Waals surface area contributed by atoms with Crippen molar-refractivity contribution in [2.24, 2.45) is 5.73 Å². The largest absolute Gasteiger partial charge is 0.497 e. The second-order valence-electron chi connectivity index (χ2n) is 3.62. The molecule has 0 aromatic heterocycles. The summed E-state index contributed by atoms with van der Waals surface area (Å²) in [5.74, 6) is -0.424. The summed E-state index contributed by atoms with van der Waals surface area (Å²) in [7, 11) is 2.97. The molecule has 17 heavy (non-hydrogen) atoms. The van der Waals surface area contributed by atoms with E-state index in [1.54, 1.807) is 12.1 Å². The lowest BCUT2D eigenvalue weighted by Crippen LogP contribution is -2.35. The summed E-state index contributed by atoms with van der Waals surface area (Å²) in [6.07, 6.45) is 0. The van der Waals surface area contributed by atoms with Crippen molar-refractivity contribution in [2.75, 3.05) is 26.4 Å². The van der Waals surface area contributed by atoms with Gasteiger partial charge >= 0.3 is 0 Å². The fourth-order valence-corrected chi connectivity index (χ4v) is 1.39. The summed E-state index contributed by atoms with van der Waals surface area (Å²) >= 11 is 0. The number of hydrogen-bond acceptors (Lipinski definition) is 4. The molecular weight excluding hydrogens is 222 g/mol. The average molecular weight is 237 g/mol. The minimum Gasteiger partial charge on any atom is -0.497 e. The molecule has 1 rings (SSSR count). The van der Waals surface area contributed by atoms with Gasteiger partial charge in [0.2, 0.25) is 5.91 Å². The molecule has 6 heteroatoms. The van der Waals surface area contributed by atoms with Crippen LogP contribution in [0.15, 0.2) is 18.2 Å². The second kappa shape index (κ2) is 5.20. The number of nitrogen functional groups attached to an aromatic ring is 1. The van der Waals surface area contributed by atoms with Crippen LogP contribution >= 0.6 is 0 Å². The Labute approximate surface area is 99.1 Å². The zero-order chi connectivity index (χ0) is 13.0. The standard InChI is InChI=1S/C11H15N3O3/c1-14(6-10(13)15)11(16)7-3-8(12)5-9(4-7)17-2/h3-5H,6,12H2,1-2H3,(H2,13,15). The Hall–Kier alpha value is -2.24. The minimum atomic E-state index is -0.572. The summed E-state index contributed by atoms with van der Waals surface area (Å²) in [5.41, 5.74) is 11.4. The van der Waals surface area contributed by atoms with Crippen LogP contribution in [0.4, 0.5) is 5.69 Å². The van der Waals surface area contributed by atoms with Crippen LogP contribution in [0, 0.1) is 0 Å². The molecule has 0 aliphatic rings. The molecule has 0 spiro atoms. The lowest BCUT2D eigenvalue weighted by atomic mass is 10.1. The molecule has 0 aliphatic carbocycles. The van der Waals surface area contributed by atoms with Crippen LogP contribution in [0.1, 0.15) is 10.4 Å². The number of carbonyl (C=O) groups is 2. The van der Waals surface area contributed by atoms with Crippen molar-refractivity contribution in [1.82, 2.24) is 4.90 Å². The van der Waals surface area contributed by atoms with Gasteiger partial charge in [0.05, 0.1) is 13.7 Å². The first-order chi connectivity index (χ1) is 7.93. The minimum absolute atomic E-state index is 0.143. The number of methoxy groups -OCH3 is 1. The van der Waals surface area contributed by atoms with Crippen LogP contribution in [0.2, 0.25) is 0 Å². The smallest absolute Gasteiger partial charge is 0.254 e. The van der Waals surface area contributed by atoms with Crippen molar-refractivity contribution in [2.45, 2.75) is 0 Å². The fourth-order valence-electron chi connectivity index (χ4n) is 1.39. The third-order valence-electron chi connectivity index (χ3n) is 2.15. The number of benzene rings is 1. The highest BCUT2D eigenvalue weighted by molar-refractivity contribution is 5.97. The molecule has 1 aromatic carbocycles. The van der Waals surface area contributed by atoms with E-state index >= 15 is 0 Å². The summed E-state index contributed by atoms with van der Waals surface area (Å²) in [6.45, 7) is -0.143. The van der Waals surface area contributed by atoms with Crippen molar-refractivity contribution >= 4 is 17.5 Å². The Bertz CT molecular complexity index is 446. The van der Waals surface area contributed by atoms with Crippen molar-refractivity contribution < 1.29 is 14.3 Å². The molecule has 4 N–H and O–H groups in total. The molecular formula is C11H15N3O3. The third-order valence-corrected chi connectivity index (χ3v) is 2.15. The highest BCUT2D eigenvalue weighted by Crippen LogP contribution is 2.19. The second-order valence-corrected chi connectivity index (χ2v) is 3.62. The predicted octanol–water partition coefficient (Wildman–Crippen LogP) is -0.165. The number of primary amides is 1. The summed E-state index contributed by atoms with van der Waals surface area (Å²) in [5, 5.41) is 0. The van der Waals surface area contributed by atoms with Gasteiger partial charge in [0.15, 0.2) is 0 Å². The lowest BCUT2D eigenvalue weighted by Gasteiger charge is -2.15. The first kappa shape index (κ1) is 12.8. The van der Waals surface area contributed by atoms with Gasteiger partial charge in [-0.15, -0.1) is 0 Å². The SMILES string of the molecule is COc1cc(N)cc(C(=O)N(C)CC(N)=O)c1. The number of nitrogens with two attached hydrogens (primary N) is 2. The van der Waals surface area contributed by atoms with E-state index in [1.807, 2.05) is 0 Å². The molecule has 2 amide bonds. The van der Waals surface area contributed by atoms with Gasteiger partial charge < -0.3 is 21.1 Å². The van der Waals surface area contributed by atoms with Gasteiger partial charge in [0.25, 0.3) is 5.91 Å². The number of hydrogen-bond donors (Lipinski definition) is 2. The highest BCUT2D eigenvalue weighted by Gasteiger charge is 2.14. The molecule has 0 atom stereocenters. The van der Waals surface area contributed by atoms with Crippen LogP contribution in [0.5, 0.6) is 5.75 Å². The Kier molecular flexibility index (Phi) is 3.92. The number of ether oxygens (including phenoxy) is 1. The monoisotopic (exact) mass is 237 g/mol. The fraction of sp³-hybridized carbons (Fsp3) is 0.273. The van der Waals surface area contributed by atoms with Crippen molar-refractivity contribution in [3.63, 3.8) is 0 Å². The molecule has 0 aliphatic heterocycles. The topological polar surface area (TPSA) is 98.7 Å². The van der Waals surface area contributed by atoms with E-state index in [-0.39, 0.29) is 12.5 Å². The molecule has 0 fully saturated rings. The maximum atomic E-state index is 11.9. The van der Waals surface area contributed by atoms with Crippen molar-refractivity contribution in [3.8, 4) is 5.75 Å². The Morgan fingerprint density at radius 1 is 1.35 bits per heavy atom. The average Bonchev–Trinajstić information content (AvgIpc) is 2.26. The normalized spacial score (nSPS) is 9.76. The molecule has 6 nitrogen and oxygen atoms in total. The number of nitrogens with zero attached hydrogens (tertiary/aromatic N) is 1. The molecule has 0 unspecified atom stereocenters. The van der Waals surface area contributed by atoms with Crippen molar-refractivity contribution in [1.29, 1.82) is 0 Å². The molecule has 92 valence electrons. The lowest BCUT2D eigenvalue weighted by molar-refractivity contribution is -0.118. The number of amides is 2. The Balaban J connectivity index is 2.95. The van der Waals surface area contributed by atoms with Crippen LogP contribution in [0.3, 0.4) is 0 Å². The van der Waals surface area contributed by atoms with Crippen LogP contribution in [-0.4, -0.2) is 37.4 Å². The molecule has 0 saturated carbocycles. The first-order valence-corrected chi connectivity index (χ1v) is 4.92. The maximum Gasteiger partial charge on any atom is 0.254 e. The van der Waals surface area contributed by atoms with Gasteiger partial charge in [-0.2, -0.15) is 0 Å². The van der Waals surface area contributed by atoms with Crippen LogP contribution in [0.25, 0.3) is 0 Å². The molecule has 0 heterocycles. The van der Waals surface area contributed by atoms with E-state index in [0.717, 1.165) is 0 Å². The summed E-state index contributed by atoms with van der Waals surface area (Å²) in [6, 6.07) is 4.67.